The lowest BCUT2D eigenvalue weighted by molar-refractivity contribution is -0.125. The Kier molecular flexibility index (Phi) is 7.42. The van der Waals surface area contributed by atoms with E-state index in [9.17, 15) is 9.59 Å². The highest BCUT2D eigenvalue weighted by Gasteiger charge is 2.36. The molecule has 0 fully saturated rings. The molecule has 0 aromatic carbocycles. The van der Waals surface area contributed by atoms with Crippen molar-refractivity contribution in [2.24, 2.45) is 5.73 Å². The van der Waals surface area contributed by atoms with Gasteiger partial charge in [0, 0.05) is 17.3 Å². The molecule has 2 atom stereocenters. The fourth-order valence-electron chi connectivity index (χ4n) is 1.87. The van der Waals surface area contributed by atoms with Crippen molar-refractivity contribution in [2.45, 2.75) is 24.9 Å². The molecule has 120 valence electrons. The number of rotatable bonds is 3. The van der Waals surface area contributed by atoms with E-state index in [2.05, 4.69) is 16.7 Å². The van der Waals surface area contributed by atoms with Crippen LogP contribution < -0.4 is 16.4 Å². The number of ketones is 2. The predicted octanol–water partition coefficient (Wildman–Crippen LogP) is 0.403. The van der Waals surface area contributed by atoms with Crippen molar-refractivity contribution >= 4 is 35.1 Å². The van der Waals surface area contributed by atoms with E-state index in [-0.39, 0.29) is 24.7 Å². The van der Waals surface area contributed by atoms with Crippen LogP contribution in [0.15, 0.2) is 11.5 Å². The molecule has 1 rings (SSSR count). The summed E-state index contributed by atoms with van der Waals surface area (Å²) in [6.07, 6.45) is 2.06. The Morgan fingerprint density at radius 1 is 1.48 bits per heavy atom. The quantitative estimate of drug-likeness (QED) is 0.690. The predicted molar refractivity (Wildman–Crippen MR) is 91.9 cm³/mol. The topological polar surface area (TPSA) is 84.2 Å². The molecule has 0 aromatic rings. The second-order valence-corrected chi connectivity index (χ2v) is 7.44. The summed E-state index contributed by atoms with van der Waals surface area (Å²) < 4.78 is 0. The smallest absolute Gasteiger partial charge is 0.167 e. The van der Waals surface area contributed by atoms with E-state index >= 15 is 0 Å². The van der Waals surface area contributed by atoms with Crippen molar-refractivity contribution in [3.63, 3.8) is 0 Å². The standard InChI is InChI=1S/C14H25N3O2S2/c1-13(16-3)9-20-5-4-6-21-10-14(2,11(18)7-15)17-8-12(13)19/h4,6,16-17H,5,7-10,15H2,1-3H3/b6-4+/t13-,14-/m0/s1. The Morgan fingerprint density at radius 3 is 2.81 bits per heavy atom. The number of nitrogens with one attached hydrogen (secondary N) is 2. The van der Waals surface area contributed by atoms with Gasteiger partial charge in [0.15, 0.2) is 11.6 Å². The zero-order valence-electron chi connectivity index (χ0n) is 12.9. The number of nitrogens with two attached hydrogens (primary N) is 1. The highest BCUT2D eigenvalue weighted by Crippen LogP contribution is 2.20. The van der Waals surface area contributed by atoms with Crippen LogP contribution in [0.1, 0.15) is 13.8 Å². The Balaban J connectivity index is 2.92. The van der Waals surface area contributed by atoms with Gasteiger partial charge in [-0.1, -0.05) is 6.08 Å². The fourth-order valence-corrected chi connectivity index (χ4v) is 3.98. The molecule has 1 aliphatic rings. The van der Waals surface area contributed by atoms with Crippen LogP contribution in [-0.2, 0) is 9.59 Å². The third kappa shape index (κ3) is 5.10. The van der Waals surface area contributed by atoms with Gasteiger partial charge in [-0.3, -0.25) is 14.9 Å². The Bertz CT molecular complexity index is 417. The molecule has 0 aromatic heterocycles. The third-order valence-corrected chi connectivity index (χ3v) is 6.11. The van der Waals surface area contributed by atoms with Gasteiger partial charge in [0.1, 0.15) is 0 Å². The van der Waals surface area contributed by atoms with E-state index in [0.29, 0.717) is 11.5 Å². The van der Waals surface area contributed by atoms with E-state index in [0.717, 1.165) is 5.75 Å². The van der Waals surface area contributed by atoms with Gasteiger partial charge in [-0.05, 0) is 26.3 Å². The van der Waals surface area contributed by atoms with Crippen LogP contribution in [0.3, 0.4) is 0 Å². The average Bonchev–Trinajstić information content (AvgIpc) is 2.49. The molecule has 1 aliphatic heterocycles. The summed E-state index contributed by atoms with van der Waals surface area (Å²) >= 11 is 3.28. The van der Waals surface area contributed by atoms with Gasteiger partial charge in [-0.2, -0.15) is 11.8 Å². The van der Waals surface area contributed by atoms with E-state index < -0.39 is 11.1 Å². The monoisotopic (exact) mass is 331 g/mol. The Morgan fingerprint density at radius 2 is 2.19 bits per heavy atom. The van der Waals surface area contributed by atoms with E-state index in [1.54, 1.807) is 30.6 Å². The number of carbonyl (C=O) groups is 2. The largest absolute Gasteiger partial charge is 0.324 e. The number of hydrogen-bond donors (Lipinski definition) is 3. The first-order chi connectivity index (χ1) is 9.88. The van der Waals surface area contributed by atoms with Crippen LogP contribution in [0.2, 0.25) is 0 Å². The zero-order chi connectivity index (χ0) is 15.9. The number of hydrogen-bond acceptors (Lipinski definition) is 7. The first-order valence-electron chi connectivity index (χ1n) is 6.93. The van der Waals surface area contributed by atoms with Gasteiger partial charge >= 0.3 is 0 Å². The molecular weight excluding hydrogens is 306 g/mol. The molecule has 4 N–H and O–H groups in total. The minimum Gasteiger partial charge on any atom is -0.324 e. The molecule has 1 heterocycles. The second kappa shape index (κ2) is 8.33. The maximum absolute atomic E-state index is 12.5. The first kappa shape index (κ1) is 18.7. The van der Waals surface area contributed by atoms with E-state index in [1.165, 1.54) is 0 Å². The molecule has 5 nitrogen and oxygen atoms in total. The molecule has 0 saturated heterocycles. The van der Waals surface area contributed by atoms with Crippen molar-refractivity contribution < 1.29 is 9.59 Å². The lowest BCUT2D eigenvalue weighted by Crippen LogP contribution is -2.59. The van der Waals surface area contributed by atoms with Crippen molar-refractivity contribution in [3.05, 3.63) is 11.5 Å². The van der Waals surface area contributed by atoms with Crippen LogP contribution in [0, 0.1) is 0 Å². The fraction of sp³-hybridized carbons (Fsp3) is 0.714. The number of Topliss-reactive ketones (excluding diaryl/α,β-unsaturated/α-hetero) is 2. The Hall–Kier alpha value is -0.340. The highest BCUT2D eigenvalue weighted by atomic mass is 32.2. The molecular formula is C14H25N3O2S2. The number of likely N-dealkylation sites (N-methyl/N-ethyl adjacent to an activating group) is 1. The molecule has 7 heteroatoms. The summed E-state index contributed by atoms with van der Waals surface area (Å²) in [5.74, 6) is 2.10. The van der Waals surface area contributed by atoms with Crippen LogP contribution in [-0.4, -0.2) is 60.0 Å². The summed E-state index contributed by atoms with van der Waals surface area (Å²) in [6, 6.07) is 0. The number of thioether (sulfide) groups is 2. The molecule has 21 heavy (non-hydrogen) atoms. The van der Waals surface area contributed by atoms with Crippen molar-refractivity contribution in [1.29, 1.82) is 0 Å². The second-order valence-electron chi connectivity index (χ2n) is 5.52. The van der Waals surface area contributed by atoms with Gasteiger partial charge < -0.3 is 11.1 Å². The lowest BCUT2D eigenvalue weighted by atomic mass is 9.95. The van der Waals surface area contributed by atoms with Crippen LogP contribution in [0.5, 0.6) is 0 Å². The summed E-state index contributed by atoms with van der Waals surface area (Å²) in [5, 5.41) is 8.23. The Labute approximate surface area is 135 Å². The molecule has 0 amide bonds. The molecule has 0 saturated carbocycles. The van der Waals surface area contributed by atoms with E-state index in [1.807, 2.05) is 19.3 Å². The van der Waals surface area contributed by atoms with Crippen LogP contribution >= 0.6 is 23.5 Å². The lowest BCUT2D eigenvalue weighted by Gasteiger charge is -2.32. The SMILES string of the molecule is CN[C@@]1(C)CSC/C=C/SC[C@@](C)(C(=O)CN)NCC1=O. The van der Waals surface area contributed by atoms with E-state index in [4.69, 9.17) is 5.73 Å². The maximum Gasteiger partial charge on any atom is 0.167 e. The maximum atomic E-state index is 12.5. The van der Waals surface area contributed by atoms with Gasteiger partial charge in [-0.15, -0.1) is 11.8 Å². The minimum atomic E-state index is -0.777. The van der Waals surface area contributed by atoms with Gasteiger partial charge in [0.05, 0.1) is 24.2 Å². The van der Waals surface area contributed by atoms with Crippen LogP contribution in [0.4, 0.5) is 0 Å². The van der Waals surface area contributed by atoms with Gasteiger partial charge in [0.25, 0.3) is 0 Å². The highest BCUT2D eigenvalue weighted by molar-refractivity contribution is 8.02. The molecule has 0 spiro atoms. The number of carbonyl (C=O) groups excluding carboxylic acids is 2. The summed E-state index contributed by atoms with van der Waals surface area (Å²) in [4.78, 5) is 24.6. The first-order valence-corrected chi connectivity index (χ1v) is 9.13. The van der Waals surface area contributed by atoms with Crippen molar-refractivity contribution in [3.8, 4) is 0 Å². The molecule has 0 aliphatic carbocycles. The molecule has 0 bridgehead atoms. The third-order valence-electron chi connectivity index (χ3n) is 3.78. The zero-order valence-corrected chi connectivity index (χ0v) is 14.5. The average molecular weight is 332 g/mol. The summed E-state index contributed by atoms with van der Waals surface area (Å²) in [6.45, 7) is 3.84. The van der Waals surface area contributed by atoms with Gasteiger partial charge in [-0.25, -0.2) is 0 Å². The normalized spacial score (nSPS) is 33.8. The molecule has 0 unspecified atom stereocenters. The van der Waals surface area contributed by atoms with Crippen LogP contribution in [0.25, 0.3) is 0 Å². The van der Waals surface area contributed by atoms with Crippen molar-refractivity contribution in [2.75, 3.05) is 37.4 Å². The van der Waals surface area contributed by atoms with Gasteiger partial charge in [0.2, 0.25) is 0 Å². The van der Waals surface area contributed by atoms with Crippen molar-refractivity contribution in [1.82, 2.24) is 10.6 Å². The summed E-state index contributed by atoms with van der Waals surface area (Å²) in [5.41, 5.74) is 4.13. The molecule has 0 radical (unpaired) electrons. The summed E-state index contributed by atoms with van der Waals surface area (Å²) in [7, 11) is 1.79. The minimum absolute atomic E-state index is 0.0267.